The number of nitrogens with zero attached hydrogens (tertiary/aromatic N) is 1. The normalized spacial score (nSPS) is 11.6. The Kier molecular flexibility index (Phi) is 10.6. The summed E-state index contributed by atoms with van der Waals surface area (Å²) in [6.45, 7) is 2.93. The van der Waals surface area contributed by atoms with E-state index in [1.165, 1.54) is 0 Å². The van der Waals surface area contributed by atoms with E-state index in [0.717, 1.165) is 29.5 Å². The summed E-state index contributed by atoms with van der Waals surface area (Å²) in [5, 5.41) is 3.92. The number of nitrogens with one attached hydrogen (secondary N) is 1. The van der Waals surface area contributed by atoms with Crippen molar-refractivity contribution in [2.24, 2.45) is 0 Å². The maximum atomic E-state index is 13.6. The Morgan fingerprint density at radius 2 is 1.51 bits per heavy atom. The molecule has 1 N–H and O–H groups in total. The van der Waals surface area contributed by atoms with Crippen LogP contribution in [0.4, 0.5) is 0 Å². The molecule has 0 heterocycles. The average molecular weight is 511 g/mol. The third-order valence-corrected chi connectivity index (χ3v) is 6.65. The van der Waals surface area contributed by atoms with Crippen molar-refractivity contribution in [3.05, 3.63) is 106 Å². The highest BCUT2D eigenvalue weighted by Gasteiger charge is 2.30. The number of unbranched alkanes of at least 4 members (excludes halogenated alkanes) is 1. The molecule has 0 aromatic heterocycles. The molecule has 0 radical (unpaired) electrons. The Morgan fingerprint density at radius 1 is 0.857 bits per heavy atom. The van der Waals surface area contributed by atoms with Crippen LogP contribution in [0.15, 0.2) is 78.9 Å². The van der Waals surface area contributed by atoms with Gasteiger partial charge < -0.3 is 10.2 Å². The second-order valence-electron chi connectivity index (χ2n) is 8.61. The number of carbonyl (C=O) groups is 2. The number of carbonyl (C=O) groups excluding carboxylic acids is 2. The van der Waals surface area contributed by atoms with E-state index in [-0.39, 0.29) is 18.4 Å². The second kappa shape index (κ2) is 13.9. The fourth-order valence-electron chi connectivity index (χ4n) is 3.93. The Hall–Kier alpha value is -2.82. The molecule has 0 spiro atoms. The monoisotopic (exact) mass is 510 g/mol. The van der Waals surface area contributed by atoms with E-state index >= 15 is 0 Å². The summed E-state index contributed by atoms with van der Waals surface area (Å²) < 4.78 is 0. The van der Waals surface area contributed by atoms with Gasteiger partial charge in [-0.25, -0.2) is 0 Å². The lowest BCUT2D eigenvalue weighted by Crippen LogP contribution is -2.50. The molecule has 1 atom stereocenters. The lowest BCUT2D eigenvalue weighted by atomic mass is 10.0. The van der Waals surface area contributed by atoms with Gasteiger partial charge in [0, 0.05) is 25.9 Å². The van der Waals surface area contributed by atoms with Crippen molar-refractivity contribution < 1.29 is 9.59 Å². The van der Waals surface area contributed by atoms with E-state index in [2.05, 4.69) is 12.2 Å². The van der Waals surface area contributed by atoms with Gasteiger partial charge in [0.25, 0.3) is 0 Å². The first-order valence-electron chi connectivity index (χ1n) is 12.1. The summed E-state index contributed by atoms with van der Waals surface area (Å²) in [6, 6.07) is 24.4. The fourth-order valence-corrected chi connectivity index (χ4v) is 4.26. The fraction of sp³-hybridized carbons (Fsp3) is 0.310. The largest absolute Gasteiger partial charge is 0.354 e. The molecule has 0 fully saturated rings. The average Bonchev–Trinajstić information content (AvgIpc) is 2.88. The zero-order valence-corrected chi connectivity index (χ0v) is 21.6. The summed E-state index contributed by atoms with van der Waals surface area (Å²) in [7, 11) is 0. The molecule has 0 aliphatic carbocycles. The maximum Gasteiger partial charge on any atom is 0.243 e. The smallest absolute Gasteiger partial charge is 0.243 e. The Balaban J connectivity index is 1.90. The van der Waals surface area contributed by atoms with Gasteiger partial charge in [-0.2, -0.15) is 0 Å². The van der Waals surface area contributed by atoms with Crippen LogP contribution < -0.4 is 5.32 Å². The molecule has 35 heavy (non-hydrogen) atoms. The van der Waals surface area contributed by atoms with Crippen LogP contribution in [-0.2, 0) is 29.0 Å². The number of halogens is 2. The highest BCUT2D eigenvalue weighted by molar-refractivity contribution is 6.42. The minimum Gasteiger partial charge on any atom is -0.354 e. The van der Waals surface area contributed by atoms with E-state index < -0.39 is 6.04 Å². The third kappa shape index (κ3) is 8.41. The summed E-state index contributed by atoms with van der Waals surface area (Å²) >= 11 is 12.4. The molecular weight excluding hydrogens is 479 g/mol. The first kappa shape index (κ1) is 26.8. The molecule has 184 valence electrons. The van der Waals surface area contributed by atoms with Gasteiger partial charge in [0.15, 0.2) is 0 Å². The minimum absolute atomic E-state index is 0.0773. The third-order valence-electron chi connectivity index (χ3n) is 5.91. The van der Waals surface area contributed by atoms with E-state index in [4.69, 9.17) is 23.2 Å². The van der Waals surface area contributed by atoms with Crippen molar-refractivity contribution in [3.63, 3.8) is 0 Å². The lowest BCUT2D eigenvalue weighted by molar-refractivity contribution is -0.141. The van der Waals surface area contributed by atoms with Crippen molar-refractivity contribution in [2.45, 2.75) is 51.6 Å². The first-order valence-corrected chi connectivity index (χ1v) is 12.8. The second-order valence-corrected chi connectivity index (χ2v) is 9.42. The number of rotatable bonds is 12. The van der Waals surface area contributed by atoms with Crippen molar-refractivity contribution in [1.82, 2.24) is 10.2 Å². The van der Waals surface area contributed by atoms with Gasteiger partial charge >= 0.3 is 0 Å². The number of hydrogen-bond donors (Lipinski definition) is 1. The number of benzene rings is 3. The number of amides is 2. The lowest BCUT2D eigenvalue weighted by Gasteiger charge is -2.32. The standard InChI is InChI=1S/C29H32Cl2N2O2/c1-2-3-18-32-29(35)27(20-23-12-8-5-9-13-23)33(21-24-14-16-25(30)26(31)19-24)28(34)17-15-22-10-6-4-7-11-22/h4-14,16,19,27H,2-3,15,17-18,20-21H2,1H3,(H,32,35). The van der Waals surface area contributed by atoms with Gasteiger partial charge in [-0.15, -0.1) is 0 Å². The van der Waals surface area contributed by atoms with Gasteiger partial charge in [0.1, 0.15) is 6.04 Å². The quantitative estimate of drug-likeness (QED) is 0.283. The Morgan fingerprint density at radius 3 is 2.14 bits per heavy atom. The van der Waals surface area contributed by atoms with Gasteiger partial charge in [0.2, 0.25) is 11.8 Å². The maximum absolute atomic E-state index is 13.6. The Labute approximate surface area is 218 Å². The zero-order chi connectivity index (χ0) is 25.0. The molecule has 1 unspecified atom stereocenters. The van der Waals surface area contributed by atoms with Crippen LogP contribution in [0.5, 0.6) is 0 Å². The summed E-state index contributed by atoms with van der Waals surface area (Å²) in [6.07, 6.45) is 3.20. The zero-order valence-electron chi connectivity index (χ0n) is 20.1. The van der Waals surface area contributed by atoms with Crippen LogP contribution in [0, 0.1) is 0 Å². The molecule has 0 aliphatic rings. The molecule has 3 rings (SSSR count). The van der Waals surface area contributed by atoms with Gasteiger partial charge in [-0.3, -0.25) is 9.59 Å². The van der Waals surface area contributed by atoms with E-state index in [0.29, 0.717) is 35.9 Å². The topological polar surface area (TPSA) is 49.4 Å². The molecule has 3 aromatic rings. The molecule has 3 aromatic carbocycles. The predicted molar refractivity (Wildman–Crippen MR) is 144 cm³/mol. The van der Waals surface area contributed by atoms with E-state index in [9.17, 15) is 9.59 Å². The number of aryl methyl sites for hydroxylation is 1. The minimum atomic E-state index is -0.646. The van der Waals surface area contributed by atoms with Gasteiger partial charge in [0.05, 0.1) is 10.0 Å². The predicted octanol–water partition coefficient (Wildman–Crippen LogP) is 6.48. The highest BCUT2D eigenvalue weighted by atomic mass is 35.5. The molecule has 0 saturated carbocycles. The molecule has 2 amide bonds. The van der Waals surface area contributed by atoms with Crippen LogP contribution in [0.25, 0.3) is 0 Å². The van der Waals surface area contributed by atoms with E-state index in [1.807, 2.05) is 66.7 Å². The number of hydrogen-bond acceptors (Lipinski definition) is 2. The molecule has 0 aliphatic heterocycles. The summed E-state index contributed by atoms with van der Waals surface area (Å²) in [4.78, 5) is 28.7. The molecule has 6 heteroatoms. The molecular formula is C29H32Cl2N2O2. The van der Waals surface area contributed by atoms with Gasteiger partial charge in [-0.1, -0.05) is 103 Å². The van der Waals surface area contributed by atoms with Crippen molar-refractivity contribution >= 4 is 35.0 Å². The SMILES string of the molecule is CCCCNC(=O)C(Cc1ccccc1)N(Cc1ccc(Cl)c(Cl)c1)C(=O)CCc1ccccc1. The molecule has 0 bridgehead atoms. The van der Waals surface area contributed by atoms with Crippen molar-refractivity contribution in [2.75, 3.05) is 6.54 Å². The van der Waals surface area contributed by atoms with E-state index in [1.54, 1.807) is 17.0 Å². The summed E-state index contributed by atoms with van der Waals surface area (Å²) in [5.74, 6) is -0.220. The van der Waals surface area contributed by atoms with Crippen LogP contribution in [0.2, 0.25) is 10.0 Å². The Bertz CT molecular complexity index is 1090. The molecule has 0 saturated heterocycles. The first-order chi connectivity index (χ1) is 17.0. The van der Waals surface area contributed by atoms with Crippen LogP contribution in [0.3, 0.4) is 0 Å². The molecule has 4 nitrogen and oxygen atoms in total. The summed E-state index contributed by atoms with van der Waals surface area (Å²) in [5.41, 5.74) is 2.91. The van der Waals surface area contributed by atoms with Gasteiger partial charge in [-0.05, 0) is 41.7 Å². The highest BCUT2D eigenvalue weighted by Crippen LogP contribution is 2.24. The van der Waals surface area contributed by atoms with Crippen LogP contribution in [0.1, 0.15) is 42.9 Å². The van der Waals surface area contributed by atoms with Crippen LogP contribution in [-0.4, -0.2) is 29.3 Å². The van der Waals surface area contributed by atoms with Crippen molar-refractivity contribution in [3.8, 4) is 0 Å². The van der Waals surface area contributed by atoms with Crippen LogP contribution >= 0.6 is 23.2 Å². The van der Waals surface area contributed by atoms with Crippen molar-refractivity contribution in [1.29, 1.82) is 0 Å².